The molecular weight excluding hydrogens is 325 g/mol. The minimum Gasteiger partial charge on any atom is -0.616 e. The van der Waals surface area contributed by atoms with Gasteiger partial charge in [-0.1, -0.05) is 41.5 Å². The van der Waals surface area contributed by atoms with E-state index in [1.54, 1.807) is 12.3 Å². The Kier molecular flexibility index (Phi) is 4.78. The second-order valence-corrected chi connectivity index (χ2v) is 6.83. The summed E-state index contributed by atoms with van der Waals surface area (Å²) >= 11 is -0.966. The number of nitrogen functional groups attached to an aromatic ring is 1. The fourth-order valence-corrected chi connectivity index (χ4v) is 3.20. The van der Waals surface area contributed by atoms with Crippen LogP contribution in [-0.2, 0) is 16.9 Å². The molecule has 0 bridgehead atoms. The Hall–Kier alpha value is -2.44. The molecule has 3 aromatic rings. The van der Waals surface area contributed by atoms with Gasteiger partial charge in [-0.25, -0.2) is 9.37 Å². The van der Waals surface area contributed by atoms with Gasteiger partial charge < -0.3 is 10.3 Å². The number of hydrogen-bond acceptors (Lipinski definition) is 4. The van der Waals surface area contributed by atoms with Gasteiger partial charge in [0.1, 0.15) is 17.4 Å². The Morgan fingerprint density at radius 1 is 1.08 bits per heavy atom. The molecule has 0 aliphatic heterocycles. The van der Waals surface area contributed by atoms with E-state index in [-0.39, 0.29) is 11.6 Å². The van der Waals surface area contributed by atoms with Crippen LogP contribution in [0, 0.1) is 5.82 Å². The molecule has 0 fully saturated rings. The summed E-state index contributed by atoms with van der Waals surface area (Å²) < 4.78 is 26.1. The van der Waals surface area contributed by atoms with Crippen LogP contribution < -0.4 is 5.73 Å². The Labute approximate surface area is 142 Å². The molecular formula is C18H16FN3OS. The number of halogens is 1. The zero-order chi connectivity index (χ0) is 17.1. The van der Waals surface area contributed by atoms with Gasteiger partial charge in [-0.3, -0.25) is 4.98 Å². The largest absolute Gasteiger partial charge is 0.616 e. The van der Waals surface area contributed by atoms with Crippen molar-refractivity contribution in [2.24, 2.45) is 0 Å². The second kappa shape index (κ2) is 6.98. The molecule has 0 saturated carbocycles. The summed E-state index contributed by atoms with van der Waals surface area (Å²) in [5.41, 5.74) is 8.84. The average Bonchev–Trinajstić information content (AvgIpc) is 2.56. The van der Waals surface area contributed by atoms with Crippen molar-refractivity contribution in [3.63, 3.8) is 0 Å². The van der Waals surface area contributed by atoms with Gasteiger partial charge >= 0.3 is 0 Å². The van der Waals surface area contributed by atoms with Gasteiger partial charge in [0.05, 0.1) is 24.3 Å². The van der Waals surface area contributed by atoms with Crippen LogP contribution in [0.4, 0.5) is 10.2 Å². The van der Waals surface area contributed by atoms with E-state index in [9.17, 15) is 8.94 Å². The van der Waals surface area contributed by atoms with Gasteiger partial charge in [0.15, 0.2) is 0 Å². The van der Waals surface area contributed by atoms with Crippen LogP contribution >= 0.6 is 0 Å². The highest BCUT2D eigenvalue weighted by Gasteiger charge is 2.13. The molecule has 4 nitrogen and oxygen atoms in total. The maximum Gasteiger partial charge on any atom is 0.141 e. The summed E-state index contributed by atoms with van der Waals surface area (Å²) in [6, 6.07) is 12.5. The number of nitrogens with zero attached hydrogens (tertiary/aromatic N) is 2. The minimum absolute atomic E-state index is 0.289. The first-order valence-electron chi connectivity index (χ1n) is 7.30. The lowest BCUT2D eigenvalue weighted by atomic mass is 9.98. The second-order valence-electron chi connectivity index (χ2n) is 5.40. The van der Waals surface area contributed by atoms with Gasteiger partial charge in [-0.15, -0.1) is 0 Å². The van der Waals surface area contributed by atoms with Crippen LogP contribution in [0.3, 0.4) is 0 Å². The van der Waals surface area contributed by atoms with Crippen molar-refractivity contribution in [3.05, 3.63) is 66.2 Å². The molecule has 122 valence electrons. The van der Waals surface area contributed by atoms with Crippen LogP contribution in [0.1, 0.15) is 5.56 Å². The van der Waals surface area contributed by atoms with Crippen molar-refractivity contribution in [1.29, 1.82) is 0 Å². The summed E-state index contributed by atoms with van der Waals surface area (Å²) in [6.45, 7) is 0. The zero-order valence-electron chi connectivity index (χ0n) is 13.1. The molecule has 2 aromatic carbocycles. The van der Waals surface area contributed by atoms with Crippen LogP contribution in [0.25, 0.3) is 22.4 Å². The van der Waals surface area contributed by atoms with Gasteiger partial charge in [0.2, 0.25) is 0 Å². The van der Waals surface area contributed by atoms with Crippen LogP contribution in [0.15, 0.2) is 54.9 Å². The summed E-state index contributed by atoms with van der Waals surface area (Å²) in [5.74, 6) is 0.333. The Morgan fingerprint density at radius 2 is 1.88 bits per heavy atom. The maximum atomic E-state index is 14.6. The molecule has 1 aromatic heterocycles. The number of nitrogens with two attached hydrogens (primary N) is 1. The predicted octanol–water partition coefficient (Wildman–Crippen LogP) is 3.41. The summed E-state index contributed by atoms with van der Waals surface area (Å²) in [6.07, 6.45) is 4.50. The molecule has 1 unspecified atom stereocenters. The summed E-state index contributed by atoms with van der Waals surface area (Å²) in [5, 5.41) is 0. The van der Waals surface area contributed by atoms with Gasteiger partial charge in [-0.05, 0) is 23.3 Å². The molecule has 0 amide bonds. The van der Waals surface area contributed by atoms with E-state index in [4.69, 9.17) is 5.73 Å². The van der Waals surface area contributed by atoms with Crippen molar-refractivity contribution >= 4 is 17.0 Å². The number of hydrogen-bond donors (Lipinski definition) is 1. The van der Waals surface area contributed by atoms with E-state index in [1.807, 2.05) is 30.3 Å². The average molecular weight is 341 g/mol. The van der Waals surface area contributed by atoms with E-state index in [0.717, 1.165) is 16.7 Å². The lowest BCUT2D eigenvalue weighted by Crippen LogP contribution is -2.02. The van der Waals surface area contributed by atoms with E-state index in [0.29, 0.717) is 17.0 Å². The molecule has 0 saturated heterocycles. The van der Waals surface area contributed by atoms with Crippen molar-refractivity contribution in [3.8, 4) is 22.4 Å². The van der Waals surface area contributed by atoms with Crippen molar-refractivity contribution in [1.82, 2.24) is 9.97 Å². The smallest absolute Gasteiger partial charge is 0.141 e. The van der Waals surface area contributed by atoms with E-state index in [2.05, 4.69) is 9.97 Å². The molecule has 0 aliphatic rings. The monoisotopic (exact) mass is 341 g/mol. The first kappa shape index (κ1) is 16.4. The quantitative estimate of drug-likeness (QED) is 0.738. The molecule has 0 aliphatic carbocycles. The standard InChI is InChI=1S/C18H16FN3OS/c1-24(23)11-13-4-2-3-5-14(13)12-6-7-15(16(19)8-12)17-9-22-18(20)10-21-17/h2-10H,11H2,1H3,(H2,20,22). The highest BCUT2D eigenvalue weighted by Crippen LogP contribution is 2.29. The number of aromatic nitrogens is 2. The zero-order valence-corrected chi connectivity index (χ0v) is 13.9. The third kappa shape index (κ3) is 3.55. The fraction of sp³-hybridized carbons (Fsp3) is 0.111. The van der Waals surface area contributed by atoms with E-state index >= 15 is 0 Å². The summed E-state index contributed by atoms with van der Waals surface area (Å²) in [7, 11) is 0. The first-order chi connectivity index (χ1) is 11.5. The molecule has 1 heterocycles. The first-order valence-corrected chi connectivity index (χ1v) is 9.03. The molecule has 3 rings (SSSR count). The minimum atomic E-state index is -0.966. The fourth-order valence-electron chi connectivity index (χ4n) is 2.51. The van der Waals surface area contributed by atoms with Crippen molar-refractivity contribution in [2.75, 3.05) is 12.0 Å². The van der Waals surface area contributed by atoms with Crippen LogP contribution in [0.5, 0.6) is 0 Å². The van der Waals surface area contributed by atoms with Crippen LogP contribution in [-0.4, -0.2) is 20.8 Å². The lowest BCUT2D eigenvalue weighted by Gasteiger charge is -2.12. The number of rotatable bonds is 4. The van der Waals surface area contributed by atoms with Gasteiger partial charge in [-0.2, -0.15) is 0 Å². The van der Waals surface area contributed by atoms with Crippen molar-refractivity contribution < 1.29 is 8.94 Å². The highest BCUT2D eigenvalue weighted by molar-refractivity contribution is 7.89. The Balaban J connectivity index is 2.00. The van der Waals surface area contributed by atoms with Gasteiger partial charge in [0.25, 0.3) is 0 Å². The third-order valence-electron chi connectivity index (χ3n) is 3.60. The maximum absolute atomic E-state index is 14.6. The SMILES string of the molecule is C[S+]([O-])Cc1ccccc1-c1ccc(-c2cnc(N)cn2)c(F)c1. The normalized spacial score (nSPS) is 12.1. The predicted molar refractivity (Wildman–Crippen MR) is 95.0 cm³/mol. The molecule has 0 spiro atoms. The van der Waals surface area contributed by atoms with Crippen molar-refractivity contribution in [2.45, 2.75) is 5.75 Å². The van der Waals surface area contributed by atoms with E-state index in [1.165, 1.54) is 18.5 Å². The molecule has 1 atom stereocenters. The topological polar surface area (TPSA) is 74.9 Å². The highest BCUT2D eigenvalue weighted by atomic mass is 32.2. The summed E-state index contributed by atoms with van der Waals surface area (Å²) in [4.78, 5) is 8.04. The number of benzene rings is 2. The molecule has 24 heavy (non-hydrogen) atoms. The van der Waals surface area contributed by atoms with Gasteiger partial charge in [0, 0.05) is 11.1 Å². The third-order valence-corrected chi connectivity index (χ3v) is 4.32. The Morgan fingerprint density at radius 3 is 2.54 bits per heavy atom. The molecule has 6 heteroatoms. The molecule has 0 radical (unpaired) electrons. The lowest BCUT2D eigenvalue weighted by molar-refractivity contribution is 0.600. The van der Waals surface area contributed by atoms with Crippen LogP contribution in [0.2, 0.25) is 0 Å². The number of anilines is 1. The Bertz CT molecular complexity index is 853. The molecule has 2 N–H and O–H groups in total. The van der Waals surface area contributed by atoms with E-state index < -0.39 is 11.2 Å².